The Labute approximate surface area is 104 Å². The number of halogens is 1. The Bertz CT molecular complexity index is 279. The molecule has 0 unspecified atom stereocenters. The minimum atomic E-state index is -0.354. The van der Waals surface area contributed by atoms with E-state index in [-0.39, 0.29) is 12.6 Å². The maximum Gasteiger partial charge on any atom is 0.276 e. The van der Waals surface area contributed by atoms with Crippen molar-refractivity contribution >= 4 is 21.8 Å². The van der Waals surface area contributed by atoms with Crippen molar-refractivity contribution in [2.45, 2.75) is 13.3 Å². The van der Waals surface area contributed by atoms with Crippen molar-refractivity contribution in [1.29, 1.82) is 0 Å². The first-order chi connectivity index (χ1) is 7.52. The molecule has 0 atom stereocenters. The highest BCUT2D eigenvalue weighted by Crippen LogP contribution is 2.09. The van der Waals surface area contributed by atoms with E-state index in [1.807, 2.05) is 6.92 Å². The highest BCUT2D eigenvalue weighted by Gasteiger charge is 2.12. The molecule has 0 aromatic heterocycles. The molecule has 5 nitrogen and oxygen atoms in total. The quantitative estimate of drug-likeness (QED) is 0.140. The topological polar surface area (TPSA) is 67.6 Å². The summed E-state index contributed by atoms with van der Waals surface area (Å²) in [5.74, 6) is 5.16. The number of hydrogen-bond acceptors (Lipinski definition) is 4. The van der Waals surface area contributed by atoms with E-state index in [1.54, 1.807) is 13.1 Å². The van der Waals surface area contributed by atoms with Crippen LogP contribution in [0.25, 0.3) is 0 Å². The van der Waals surface area contributed by atoms with Gasteiger partial charge in [-0.2, -0.15) is 0 Å². The Balaban J connectivity index is 4.21. The number of nitrogens with one attached hydrogen (secondary N) is 1. The van der Waals surface area contributed by atoms with Crippen LogP contribution in [0.1, 0.15) is 13.3 Å². The summed E-state index contributed by atoms with van der Waals surface area (Å²) in [5, 5.41) is 3.80. The number of ether oxygens (including phenoxy) is 1. The average molecular weight is 292 g/mol. The van der Waals surface area contributed by atoms with E-state index in [0.29, 0.717) is 16.8 Å². The molecule has 0 saturated heterocycles. The van der Waals surface area contributed by atoms with Crippen LogP contribution in [0.15, 0.2) is 22.8 Å². The monoisotopic (exact) mass is 291 g/mol. The predicted molar refractivity (Wildman–Crippen MR) is 67.4 cm³/mol. The van der Waals surface area contributed by atoms with Crippen LogP contribution in [0.4, 0.5) is 0 Å². The Morgan fingerprint density at radius 1 is 1.69 bits per heavy atom. The lowest BCUT2D eigenvalue weighted by molar-refractivity contribution is -0.132. The first kappa shape index (κ1) is 15.2. The van der Waals surface area contributed by atoms with Crippen LogP contribution in [0.3, 0.4) is 0 Å². The standard InChI is InChI=1S/C10H18BrN3O2/c1-4-5-16-7-14(12)10(15)9(11)6-8(2)13-3/h6,13H,2,4-5,7,12H2,1,3H3/b9-6+. The maximum atomic E-state index is 11.6. The number of nitrogens with two attached hydrogens (primary N) is 1. The molecule has 0 saturated carbocycles. The number of rotatable bonds is 7. The third-order valence-corrected chi connectivity index (χ3v) is 2.23. The molecule has 0 aliphatic heterocycles. The second-order valence-electron chi connectivity index (χ2n) is 3.08. The zero-order chi connectivity index (χ0) is 12.6. The number of likely N-dealkylation sites (N-methyl/N-ethyl adjacent to an activating group) is 1. The normalized spacial score (nSPS) is 11.1. The Morgan fingerprint density at radius 2 is 2.31 bits per heavy atom. The van der Waals surface area contributed by atoms with Crippen LogP contribution >= 0.6 is 15.9 Å². The minimum Gasteiger partial charge on any atom is -0.389 e. The fourth-order valence-electron chi connectivity index (χ4n) is 0.790. The molecule has 0 rings (SSSR count). The number of carbonyl (C=O) groups excluding carboxylic acids is 1. The van der Waals surface area contributed by atoms with Gasteiger partial charge in [-0.15, -0.1) is 0 Å². The largest absolute Gasteiger partial charge is 0.389 e. The number of nitrogens with zero attached hydrogens (tertiary/aromatic N) is 1. The Hall–Kier alpha value is -0.850. The average Bonchev–Trinajstić information content (AvgIpc) is 2.27. The van der Waals surface area contributed by atoms with Crippen LogP contribution < -0.4 is 11.2 Å². The van der Waals surface area contributed by atoms with E-state index in [0.717, 1.165) is 11.4 Å². The van der Waals surface area contributed by atoms with Crippen molar-refractivity contribution in [3.63, 3.8) is 0 Å². The number of amides is 1. The van der Waals surface area contributed by atoms with Gasteiger partial charge in [0.05, 0.1) is 4.48 Å². The van der Waals surface area contributed by atoms with Gasteiger partial charge in [0.25, 0.3) is 5.91 Å². The lowest BCUT2D eigenvalue weighted by Gasteiger charge is -2.16. The van der Waals surface area contributed by atoms with Gasteiger partial charge in [-0.25, -0.2) is 5.84 Å². The van der Waals surface area contributed by atoms with Gasteiger partial charge < -0.3 is 10.1 Å². The zero-order valence-electron chi connectivity index (χ0n) is 9.62. The van der Waals surface area contributed by atoms with Crippen LogP contribution in [-0.2, 0) is 9.53 Å². The highest BCUT2D eigenvalue weighted by molar-refractivity contribution is 9.12. The molecule has 0 aromatic rings. The fourth-order valence-corrected chi connectivity index (χ4v) is 1.29. The van der Waals surface area contributed by atoms with Crippen LogP contribution in [0.2, 0.25) is 0 Å². The molecule has 0 aliphatic carbocycles. The van der Waals surface area contributed by atoms with Crippen LogP contribution in [0.5, 0.6) is 0 Å². The zero-order valence-corrected chi connectivity index (χ0v) is 11.2. The van der Waals surface area contributed by atoms with Gasteiger partial charge in [0, 0.05) is 19.4 Å². The molecule has 92 valence electrons. The summed E-state index contributed by atoms with van der Waals surface area (Å²) in [6.45, 7) is 6.30. The molecule has 0 fully saturated rings. The summed E-state index contributed by atoms with van der Waals surface area (Å²) in [6.07, 6.45) is 2.44. The minimum absolute atomic E-state index is 0.0711. The van der Waals surface area contributed by atoms with Crippen molar-refractivity contribution in [2.24, 2.45) is 5.84 Å². The Morgan fingerprint density at radius 3 is 2.81 bits per heavy atom. The predicted octanol–water partition coefficient (Wildman–Crippen LogP) is 1.08. The maximum absolute atomic E-state index is 11.6. The molecule has 3 N–H and O–H groups in total. The SMILES string of the molecule is C=C(/C=C(/Br)C(=O)N(N)COCCC)NC. The lowest BCUT2D eigenvalue weighted by atomic mass is 10.4. The summed E-state index contributed by atoms with van der Waals surface area (Å²) >= 11 is 3.13. The smallest absolute Gasteiger partial charge is 0.276 e. The van der Waals surface area contributed by atoms with Crippen molar-refractivity contribution in [2.75, 3.05) is 20.4 Å². The number of hydrazine groups is 1. The van der Waals surface area contributed by atoms with E-state index in [4.69, 9.17) is 10.6 Å². The Kier molecular flexibility index (Phi) is 7.88. The van der Waals surface area contributed by atoms with Gasteiger partial charge >= 0.3 is 0 Å². The second kappa shape index (κ2) is 8.32. The van der Waals surface area contributed by atoms with E-state index >= 15 is 0 Å². The van der Waals surface area contributed by atoms with Gasteiger partial charge in [0.15, 0.2) is 0 Å². The van der Waals surface area contributed by atoms with E-state index < -0.39 is 0 Å². The first-order valence-electron chi connectivity index (χ1n) is 4.91. The van der Waals surface area contributed by atoms with E-state index in [9.17, 15) is 4.79 Å². The van der Waals surface area contributed by atoms with Gasteiger partial charge in [0.2, 0.25) is 0 Å². The van der Waals surface area contributed by atoms with Crippen molar-refractivity contribution in [3.05, 3.63) is 22.8 Å². The summed E-state index contributed by atoms with van der Waals surface area (Å²) in [5.41, 5.74) is 0.614. The highest BCUT2D eigenvalue weighted by atomic mass is 79.9. The third kappa shape index (κ3) is 5.89. The van der Waals surface area contributed by atoms with Crippen LogP contribution in [-0.4, -0.2) is 31.3 Å². The number of allylic oxidation sites excluding steroid dienone is 1. The molecule has 6 heteroatoms. The van der Waals surface area contributed by atoms with E-state index in [2.05, 4.69) is 27.8 Å². The van der Waals surface area contributed by atoms with Gasteiger partial charge in [0.1, 0.15) is 6.73 Å². The van der Waals surface area contributed by atoms with Gasteiger partial charge in [-0.3, -0.25) is 9.80 Å². The summed E-state index contributed by atoms with van der Waals surface area (Å²) in [6, 6.07) is 0. The van der Waals surface area contributed by atoms with Gasteiger partial charge in [-0.1, -0.05) is 13.5 Å². The fraction of sp³-hybridized carbons (Fsp3) is 0.500. The van der Waals surface area contributed by atoms with Crippen molar-refractivity contribution in [1.82, 2.24) is 10.3 Å². The van der Waals surface area contributed by atoms with Crippen molar-refractivity contribution in [3.8, 4) is 0 Å². The van der Waals surface area contributed by atoms with Crippen molar-refractivity contribution < 1.29 is 9.53 Å². The third-order valence-electron chi connectivity index (χ3n) is 1.67. The number of carbonyl (C=O) groups is 1. The number of hydrogen-bond donors (Lipinski definition) is 2. The second-order valence-corrected chi connectivity index (χ2v) is 3.93. The molecule has 0 heterocycles. The van der Waals surface area contributed by atoms with E-state index in [1.165, 1.54) is 0 Å². The molecular weight excluding hydrogens is 274 g/mol. The summed E-state index contributed by atoms with van der Waals surface area (Å²) < 4.78 is 5.47. The molecule has 0 spiro atoms. The molecule has 0 aliphatic rings. The molecule has 16 heavy (non-hydrogen) atoms. The summed E-state index contributed by atoms with van der Waals surface area (Å²) in [7, 11) is 1.72. The molecular formula is C10H18BrN3O2. The van der Waals surface area contributed by atoms with Crippen LogP contribution in [0, 0.1) is 0 Å². The first-order valence-corrected chi connectivity index (χ1v) is 5.70. The summed E-state index contributed by atoms with van der Waals surface area (Å²) in [4.78, 5) is 11.6. The van der Waals surface area contributed by atoms with Gasteiger partial charge in [-0.05, 0) is 28.4 Å². The lowest BCUT2D eigenvalue weighted by Crippen LogP contribution is -2.39. The molecule has 0 aromatic carbocycles. The molecule has 0 radical (unpaired) electrons. The molecule has 0 bridgehead atoms. The molecule has 1 amide bonds.